The summed E-state index contributed by atoms with van der Waals surface area (Å²) >= 11 is 0. The number of ether oxygens (including phenoxy) is 3. The molecule has 29 heavy (non-hydrogen) atoms. The van der Waals surface area contributed by atoms with Crippen LogP contribution in [0.3, 0.4) is 0 Å². The second-order valence-electron chi connectivity index (χ2n) is 7.06. The van der Waals surface area contributed by atoms with Gasteiger partial charge in [0.1, 0.15) is 12.4 Å². The summed E-state index contributed by atoms with van der Waals surface area (Å²) in [6.07, 6.45) is -5.73. The number of alkyl halides is 3. The van der Waals surface area contributed by atoms with Gasteiger partial charge >= 0.3 is 12.1 Å². The van der Waals surface area contributed by atoms with Gasteiger partial charge in [0.05, 0.1) is 33.6 Å². The molecule has 0 fully saturated rings. The van der Waals surface area contributed by atoms with Crippen molar-refractivity contribution in [2.75, 3.05) is 19.0 Å². The maximum atomic E-state index is 13.3. The van der Waals surface area contributed by atoms with Crippen molar-refractivity contribution in [3.05, 3.63) is 29.3 Å². The quantitative estimate of drug-likeness (QED) is 0.311. The van der Waals surface area contributed by atoms with Gasteiger partial charge in [-0.15, -0.1) is 0 Å². The summed E-state index contributed by atoms with van der Waals surface area (Å²) in [5.41, 5.74) is -1.39. The van der Waals surface area contributed by atoms with E-state index in [-0.39, 0.29) is 24.0 Å². The van der Waals surface area contributed by atoms with Crippen LogP contribution in [0.1, 0.15) is 43.6 Å². The van der Waals surface area contributed by atoms with Gasteiger partial charge in [-0.3, -0.25) is 0 Å². The predicted molar refractivity (Wildman–Crippen MR) is 96.3 cm³/mol. The van der Waals surface area contributed by atoms with E-state index in [9.17, 15) is 30.9 Å². The first kappa shape index (κ1) is 25.2. The van der Waals surface area contributed by atoms with Gasteiger partial charge in [-0.2, -0.15) is 13.2 Å². The van der Waals surface area contributed by atoms with E-state index in [2.05, 4.69) is 4.74 Å². The van der Waals surface area contributed by atoms with E-state index in [1.54, 1.807) is 13.8 Å². The molecule has 0 aromatic heterocycles. The van der Waals surface area contributed by atoms with Crippen LogP contribution in [0.4, 0.5) is 13.2 Å². The first-order chi connectivity index (χ1) is 13.2. The van der Waals surface area contributed by atoms with Gasteiger partial charge in [-0.1, -0.05) is 27.7 Å². The fraction of sp³-hybridized carbons (Fsp3) is 0.611. The molecule has 0 aliphatic carbocycles. The minimum Gasteiger partial charge on any atom is -0.748 e. The minimum atomic E-state index is -4.74. The zero-order valence-corrected chi connectivity index (χ0v) is 17.3. The zero-order valence-electron chi connectivity index (χ0n) is 16.5. The predicted octanol–water partition coefficient (Wildman–Crippen LogP) is 3.44. The van der Waals surface area contributed by atoms with E-state index < -0.39 is 52.2 Å². The molecule has 1 aromatic carbocycles. The summed E-state index contributed by atoms with van der Waals surface area (Å²) in [5.74, 6) is -2.81. The summed E-state index contributed by atoms with van der Waals surface area (Å²) in [6, 6.07) is 2.39. The Hall–Kier alpha value is -1.85. The molecule has 0 saturated heterocycles. The molecule has 0 N–H and O–H groups in total. The lowest BCUT2D eigenvalue weighted by atomic mass is 10.1. The molecule has 0 radical (unpaired) electrons. The normalized spacial score (nSPS) is 13.6. The van der Waals surface area contributed by atoms with Crippen molar-refractivity contribution in [1.29, 1.82) is 0 Å². The van der Waals surface area contributed by atoms with Crippen LogP contribution in [0.25, 0.3) is 0 Å². The molecule has 1 aromatic rings. The molecule has 166 valence electrons. The Morgan fingerprint density at radius 1 is 1.17 bits per heavy atom. The Morgan fingerprint density at radius 2 is 1.79 bits per heavy atom. The highest BCUT2D eigenvalue weighted by molar-refractivity contribution is 7.85. The molecule has 7 nitrogen and oxygen atoms in total. The Balaban J connectivity index is 3.11. The summed E-state index contributed by atoms with van der Waals surface area (Å²) in [6.45, 7) is 6.71. The van der Waals surface area contributed by atoms with Gasteiger partial charge in [0, 0.05) is 5.92 Å². The number of hydrogen-bond donors (Lipinski definition) is 0. The van der Waals surface area contributed by atoms with E-state index >= 15 is 0 Å². The Labute approximate surface area is 167 Å². The monoisotopic (exact) mass is 441 g/mol. The van der Waals surface area contributed by atoms with Crippen LogP contribution in [0.15, 0.2) is 18.2 Å². The largest absolute Gasteiger partial charge is 0.748 e. The van der Waals surface area contributed by atoms with Crippen LogP contribution < -0.4 is 4.74 Å². The summed E-state index contributed by atoms with van der Waals surface area (Å²) < 4.78 is 87.3. The minimum absolute atomic E-state index is 0.126. The van der Waals surface area contributed by atoms with E-state index in [1.807, 2.05) is 13.8 Å². The van der Waals surface area contributed by atoms with Crippen molar-refractivity contribution in [3.8, 4) is 5.75 Å². The zero-order chi connectivity index (χ0) is 22.4. The number of esters is 1. The van der Waals surface area contributed by atoms with Gasteiger partial charge in [0.2, 0.25) is 6.29 Å². The molecule has 0 saturated carbocycles. The molecule has 0 aliphatic heterocycles. The fourth-order valence-electron chi connectivity index (χ4n) is 2.08. The number of hydrogen-bond acceptors (Lipinski definition) is 7. The number of rotatable bonds is 10. The highest BCUT2D eigenvalue weighted by atomic mass is 32.2. The molecular weight excluding hydrogens is 417 g/mol. The molecule has 1 rings (SSSR count). The molecule has 11 heteroatoms. The van der Waals surface area contributed by atoms with Gasteiger partial charge in [0.25, 0.3) is 0 Å². The van der Waals surface area contributed by atoms with Crippen LogP contribution in [0.5, 0.6) is 5.75 Å². The Bertz CT molecular complexity index is 789. The summed E-state index contributed by atoms with van der Waals surface area (Å²) in [5, 5.41) is 0. The molecule has 0 amide bonds. The standard InChI is InChI=1S/C18H25F3O7S/c1-11(2)10-27-17(12(3)4)28-15-9-13(5-6-14(15)18(19,20)21)16(22)26-7-8-29(23,24)25/h5-6,9,11-12,17H,7-8,10H2,1-4H3,(H,23,24,25)/p-1. The van der Waals surface area contributed by atoms with Crippen molar-refractivity contribution in [1.82, 2.24) is 0 Å². The molecule has 1 atom stereocenters. The lowest BCUT2D eigenvalue weighted by Crippen LogP contribution is -2.29. The SMILES string of the molecule is CC(C)COC(Oc1cc(C(=O)OCCS(=O)(=O)[O-])ccc1C(F)(F)F)C(C)C. The molecule has 0 aliphatic rings. The van der Waals surface area contributed by atoms with Crippen LogP contribution in [-0.2, 0) is 25.8 Å². The second kappa shape index (κ2) is 10.3. The number of benzene rings is 1. The van der Waals surface area contributed by atoms with Crippen LogP contribution >= 0.6 is 0 Å². The van der Waals surface area contributed by atoms with Crippen molar-refractivity contribution < 1.29 is 45.1 Å². The van der Waals surface area contributed by atoms with Crippen LogP contribution in [0.2, 0.25) is 0 Å². The molecular formula is C18H24F3O7S-. The maximum absolute atomic E-state index is 13.3. The van der Waals surface area contributed by atoms with Gasteiger partial charge < -0.3 is 18.8 Å². The molecule has 0 bridgehead atoms. The highest BCUT2D eigenvalue weighted by Gasteiger charge is 2.36. The number of carbonyl (C=O) groups excluding carboxylic acids is 1. The molecule has 0 heterocycles. The first-order valence-electron chi connectivity index (χ1n) is 8.81. The Kier molecular flexibility index (Phi) is 8.91. The van der Waals surface area contributed by atoms with Gasteiger partial charge in [0.15, 0.2) is 0 Å². The van der Waals surface area contributed by atoms with E-state index in [4.69, 9.17) is 9.47 Å². The Morgan fingerprint density at radius 3 is 2.28 bits per heavy atom. The summed E-state index contributed by atoms with van der Waals surface area (Å²) in [7, 11) is -4.59. The fourth-order valence-corrected chi connectivity index (χ4v) is 2.36. The smallest absolute Gasteiger partial charge is 0.419 e. The lowest BCUT2D eigenvalue weighted by Gasteiger charge is -2.25. The third-order valence-electron chi connectivity index (χ3n) is 3.47. The van der Waals surface area contributed by atoms with Crippen molar-refractivity contribution >= 4 is 16.1 Å². The van der Waals surface area contributed by atoms with E-state index in [0.29, 0.717) is 6.07 Å². The molecule has 0 spiro atoms. The average Bonchev–Trinajstić information content (AvgIpc) is 2.55. The molecule has 1 unspecified atom stereocenters. The average molecular weight is 441 g/mol. The van der Waals surface area contributed by atoms with E-state index in [1.165, 1.54) is 0 Å². The van der Waals surface area contributed by atoms with Crippen molar-refractivity contribution in [3.63, 3.8) is 0 Å². The summed E-state index contributed by atoms with van der Waals surface area (Å²) in [4.78, 5) is 12.0. The topological polar surface area (TPSA) is 102 Å². The maximum Gasteiger partial charge on any atom is 0.419 e. The van der Waals surface area contributed by atoms with Gasteiger partial charge in [-0.05, 0) is 24.1 Å². The number of halogens is 3. The lowest BCUT2D eigenvalue weighted by molar-refractivity contribution is -0.146. The second-order valence-corrected chi connectivity index (χ2v) is 8.59. The van der Waals surface area contributed by atoms with Crippen molar-refractivity contribution in [2.24, 2.45) is 11.8 Å². The highest BCUT2D eigenvalue weighted by Crippen LogP contribution is 2.38. The van der Waals surface area contributed by atoms with Gasteiger partial charge in [-0.25, -0.2) is 13.2 Å². The third-order valence-corrected chi connectivity index (χ3v) is 4.14. The third kappa shape index (κ3) is 9.01. The number of carbonyl (C=O) groups is 1. The first-order valence-corrected chi connectivity index (χ1v) is 10.4. The van der Waals surface area contributed by atoms with Crippen LogP contribution in [0, 0.1) is 11.8 Å². The van der Waals surface area contributed by atoms with Crippen molar-refractivity contribution in [2.45, 2.75) is 40.2 Å². The van der Waals surface area contributed by atoms with Crippen LogP contribution in [-0.4, -0.2) is 44.2 Å². The van der Waals surface area contributed by atoms with E-state index in [0.717, 1.165) is 12.1 Å².